The van der Waals surface area contributed by atoms with Crippen molar-refractivity contribution in [3.05, 3.63) is 315 Å². The molecule has 0 radical (unpaired) electrons. The minimum absolute atomic E-state index is 0.678. The molecule has 13 aromatic carbocycles. The van der Waals surface area contributed by atoms with E-state index in [-0.39, 0.29) is 0 Å². The van der Waals surface area contributed by atoms with Crippen LogP contribution < -0.4 is 4.90 Å². The quantitative estimate of drug-likeness (QED) is 0.137. The first kappa shape index (κ1) is 49.0. The van der Waals surface area contributed by atoms with Crippen molar-refractivity contribution in [2.75, 3.05) is 4.90 Å². The van der Waals surface area contributed by atoms with E-state index in [1.165, 1.54) is 59.9 Å². The Kier molecular flexibility index (Phi) is 11.5. The number of rotatable bonds is 10. The van der Waals surface area contributed by atoms with Crippen LogP contribution in [0, 0.1) is 0 Å². The van der Waals surface area contributed by atoms with Gasteiger partial charge in [0, 0.05) is 83.0 Å². The van der Waals surface area contributed by atoms with Gasteiger partial charge in [0.05, 0.1) is 44.3 Å². The zero-order chi connectivity index (χ0) is 56.7. The van der Waals surface area contributed by atoms with Gasteiger partial charge in [-0.05, 0) is 150 Å². The van der Waals surface area contributed by atoms with E-state index < -0.39 is 0 Å². The molecule has 4 aromatic heterocycles. The largest absolute Gasteiger partial charge is 0.310 e. The fourth-order valence-electron chi connectivity index (χ4n) is 13.3. The lowest BCUT2D eigenvalue weighted by Gasteiger charge is -2.27. The van der Waals surface area contributed by atoms with Crippen LogP contribution in [0.2, 0.25) is 0 Å². The maximum atomic E-state index is 5.50. The molecule has 0 unspecified atom stereocenters. The number of hydrogen-bond donors (Lipinski definition) is 0. The molecule has 0 aliphatic carbocycles. The molecule has 0 amide bonds. The summed E-state index contributed by atoms with van der Waals surface area (Å²) >= 11 is 0. The Morgan fingerprint density at radius 1 is 0.221 bits per heavy atom. The van der Waals surface area contributed by atoms with E-state index in [2.05, 4.69) is 328 Å². The maximum absolute atomic E-state index is 5.50. The highest BCUT2D eigenvalue weighted by molar-refractivity contribution is 6.14. The molecule has 0 aliphatic rings. The summed E-state index contributed by atoms with van der Waals surface area (Å²) in [6.07, 6.45) is 0. The lowest BCUT2D eigenvalue weighted by molar-refractivity contribution is 1.16. The number of aromatic nitrogens is 5. The highest BCUT2D eigenvalue weighted by Gasteiger charge is 2.23. The monoisotopic (exact) mass is 1100 g/mol. The molecule has 0 saturated carbocycles. The number of nitrogens with zero attached hydrogens (tertiary/aromatic N) is 6. The number of fused-ring (bicyclic) bond motifs is 10. The molecule has 86 heavy (non-hydrogen) atoms. The van der Waals surface area contributed by atoms with Gasteiger partial charge in [0.2, 0.25) is 0 Å². The van der Waals surface area contributed by atoms with E-state index in [0.717, 1.165) is 89.6 Å². The second-order valence-corrected chi connectivity index (χ2v) is 22.2. The van der Waals surface area contributed by atoms with Crippen molar-refractivity contribution in [1.29, 1.82) is 0 Å². The third kappa shape index (κ3) is 8.10. The molecule has 0 N–H and O–H groups in total. The van der Waals surface area contributed by atoms with Crippen LogP contribution in [0.15, 0.2) is 315 Å². The maximum Gasteiger partial charge on any atom is 0.160 e. The standard InChI is InChI=1S/C80H52N6/c1-5-21-54(22-6-1)80-81-72-33-17-13-32-68(72)79(82-80)58-47-63(83(59-23-7-2-8-24-59)62-42-37-53(38-43-62)55-39-44-76-69(49-55)65-29-14-18-34-73(65)84(76)60-25-9-3-10-26-60)52-64(48-58)86-75-36-20-16-31-67(75)71-51-57(41-46-78(71)86)56-40-45-77-70(50-56)66-30-15-19-35-74(66)85(77)61-27-11-4-12-28-61/h1-52H. The second-order valence-electron chi connectivity index (χ2n) is 22.2. The van der Waals surface area contributed by atoms with Gasteiger partial charge in [-0.1, -0.05) is 188 Å². The molecular formula is C80H52N6. The third-order valence-corrected chi connectivity index (χ3v) is 17.2. The zero-order valence-corrected chi connectivity index (χ0v) is 46.7. The van der Waals surface area contributed by atoms with Crippen molar-refractivity contribution in [3.8, 4) is 62.0 Å². The van der Waals surface area contributed by atoms with Crippen LogP contribution in [0.4, 0.5) is 17.1 Å². The average molecular weight is 1100 g/mol. The molecule has 0 fully saturated rings. The first-order chi connectivity index (χ1) is 42.6. The first-order valence-electron chi connectivity index (χ1n) is 29.3. The molecule has 4 heterocycles. The zero-order valence-electron chi connectivity index (χ0n) is 46.7. The second kappa shape index (κ2) is 20.1. The van der Waals surface area contributed by atoms with Gasteiger partial charge >= 0.3 is 0 Å². The summed E-state index contributed by atoms with van der Waals surface area (Å²) < 4.78 is 7.19. The van der Waals surface area contributed by atoms with Crippen molar-refractivity contribution in [3.63, 3.8) is 0 Å². The minimum atomic E-state index is 0.678. The van der Waals surface area contributed by atoms with Gasteiger partial charge in [0.15, 0.2) is 5.82 Å². The third-order valence-electron chi connectivity index (χ3n) is 17.2. The van der Waals surface area contributed by atoms with E-state index >= 15 is 0 Å². The summed E-state index contributed by atoms with van der Waals surface area (Å²) in [5.41, 5.74) is 21.6. The van der Waals surface area contributed by atoms with E-state index in [1.54, 1.807) is 0 Å². The van der Waals surface area contributed by atoms with E-state index in [1.807, 2.05) is 6.07 Å². The molecule has 0 atom stereocenters. The summed E-state index contributed by atoms with van der Waals surface area (Å²) in [6, 6.07) is 114. The Morgan fingerprint density at radius 2 is 0.616 bits per heavy atom. The van der Waals surface area contributed by atoms with Crippen LogP contribution in [0.5, 0.6) is 0 Å². The smallest absolute Gasteiger partial charge is 0.160 e. The molecule has 402 valence electrons. The summed E-state index contributed by atoms with van der Waals surface area (Å²) in [4.78, 5) is 13.1. The van der Waals surface area contributed by atoms with Crippen molar-refractivity contribution < 1.29 is 0 Å². The number of benzene rings is 13. The molecule has 17 aromatic rings. The molecular weight excluding hydrogens is 1040 g/mol. The minimum Gasteiger partial charge on any atom is -0.310 e. The van der Waals surface area contributed by atoms with Crippen LogP contribution in [-0.2, 0) is 0 Å². The SMILES string of the molecule is c1ccc(-c2nc(-c3cc(N(c4ccccc4)c4ccc(-c5ccc6c(c5)c5ccccc5n6-c5ccccc5)cc4)cc(-n4c5ccccc5c5cc(-c6ccc7c(c6)c6ccccc6n7-c6ccccc6)ccc54)c3)c3ccccc3n2)cc1. The first-order valence-corrected chi connectivity index (χ1v) is 29.3. The fraction of sp³-hybridized carbons (Fsp3) is 0. The van der Waals surface area contributed by atoms with Crippen LogP contribution in [0.1, 0.15) is 0 Å². The molecule has 0 saturated heterocycles. The van der Waals surface area contributed by atoms with Gasteiger partial charge in [0.1, 0.15) is 0 Å². The number of hydrogen-bond acceptors (Lipinski definition) is 3. The van der Waals surface area contributed by atoms with E-state index in [0.29, 0.717) is 5.82 Å². The van der Waals surface area contributed by atoms with Gasteiger partial charge in [-0.25, -0.2) is 9.97 Å². The molecule has 0 spiro atoms. The summed E-state index contributed by atoms with van der Waals surface area (Å²) in [5, 5.41) is 8.24. The molecule has 6 heteroatoms. The van der Waals surface area contributed by atoms with Gasteiger partial charge < -0.3 is 18.6 Å². The summed E-state index contributed by atoms with van der Waals surface area (Å²) in [7, 11) is 0. The lowest BCUT2D eigenvalue weighted by Crippen LogP contribution is -2.11. The Morgan fingerprint density at radius 3 is 1.14 bits per heavy atom. The summed E-state index contributed by atoms with van der Waals surface area (Å²) in [6.45, 7) is 0. The van der Waals surface area contributed by atoms with Gasteiger partial charge in [-0.15, -0.1) is 0 Å². The van der Waals surface area contributed by atoms with Gasteiger partial charge in [0.25, 0.3) is 0 Å². The highest BCUT2D eigenvalue weighted by Crippen LogP contribution is 2.44. The molecule has 17 rings (SSSR count). The van der Waals surface area contributed by atoms with Gasteiger partial charge in [-0.3, -0.25) is 0 Å². The Balaban J connectivity index is 0.847. The lowest BCUT2D eigenvalue weighted by atomic mass is 10.0. The van der Waals surface area contributed by atoms with Crippen molar-refractivity contribution >= 4 is 93.4 Å². The normalized spacial score (nSPS) is 11.7. The predicted molar refractivity (Wildman–Crippen MR) is 359 cm³/mol. The van der Waals surface area contributed by atoms with Crippen LogP contribution in [0.25, 0.3) is 138 Å². The van der Waals surface area contributed by atoms with Gasteiger partial charge in [-0.2, -0.15) is 0 Å². The fourth-order valence-corrected chi connectivity index (χ4v) is 13.3. The molecule has 6 nitrogen and oxygen atoms in total. The number of anilines is 3. The Bertz CT molecular complexity index is 5450. The molecule has 0 bridgehead atoms. The van der Waals surface area contributed by atoms with Crippen LogP contribution in [0.3, 0.4) is 0 Å². The number of para-hydroxylation sites is 7. The Hall–Kier alpha value is -11.6. The van der Waals surface area contributed by atoms with E-state index in [9.17, 15) is 0 Å². The van der Waals surface area contributed by atoms with E-state index in [4.69, 9.17) is 9.97 Å². The van der Waals surface area contributed by atoms with Crippen molar-refractivity contribution in [2.24, 2.45) is 0 Å². The van der Waals surface area contributed by atoms with Crippen molar-refractivity contribution in [1.82, 2.24) is 23.7 Å². The van der Waals surface area contributed by atoms with Crippen LogP contribution >= 0.6 is 0 Å². The average Bonchev–Trinajstić information content (AvgIpc) is 2.34. The Labute approximate surface area is 496 Å². The highest BCUT2D eigenvalue weighted by atomic mass is 15.1. The molecule has 0 aliphatic heterocycles. The predicted octanol–water partition coefficient (Wildman–Crippen LogP) is 21.1. The summed E-state index contributed by atoms with van der Waals surface area (Å²) in [5.74, 6) is 0.678. The van der Waals surface area contributed by atoms with Crippen molar-refractivity contribution in [2.45, 2.75) is 0 Å². The topological polar surface area (TPSA) is 43.8 Å². The van der Waals surface area contributed by atoms with Crippen LogP contribution in [-0.4, -0.2) is 23.7 Å².